The van der Waals surface area contributed by atoms with E-state index < -0.39 is 5.60 Å². The second kappa shape index (κ2) is 4.79. The molecule has 5 nitrogen and oxygen atoms in total. The maximum Gasteiger partial charge on any atom is 0.410 e. The summed E-state index contributed by atoms with van der Waals surface area (Å²) < 4.78 is 5.42. The number of rotatable bonds is 1. The molecule has 0 aromatic rings. The van der Waals surface area contributed by atoms with Crippen molar-refractivity contribution in [3.63, 3.8) is 0 Å². The van der Waals surface area contributed by atoms with E-state index in [-0.39, 0.29) is 17.3 Å². The highest BCUT2D eigenvalue weighted by Gasteiger charge is 2.55. The number of piperidine rings is 1. The first kappa shape index (κ1) is 14.9. The smallest absolute Gasteiger partial charge is 0.410 e. The minimum atomic E-state index is -0.513. The lowest BCUT2D eigenvalue weighted by atomic mass is 9.90. The summed E-state index contributed by atoms with van der Waals surface area (Å²) in [5, 5.41) is 0. The van der Waals surface area contributed by atoms with Crippen LogP contribution < -0.4 is 0 Å². The van der Waals surface area contributed by atoms with Crippen LogP contribution in [0.25, 0.3) is 0 Å². The van der Waals surface area contributed by atoms with Crippen LogP contribution in [0.3, 0.4) is 0 Å². The largest absolute Gasteiger partial charge is 0.444 e. The molecule has 2 fully saturated rings. The summed E-state index contributed by atoms with van der Waals surface area (Å²) >= 11 is 0. The zero-order valence-electron chi connectivity index (χ0n) is 13.0. The first-order valence-corrected chi connectivity index (χ1v) is 7.03. The normalized spacial score (nSPS) is 23.1. The Bertz CT molecular complexity index is 456. The fraction of sp³-hybridized carbons (Fsp3) is 0.733. The molecule has 2 rings (SSSR count). The molecule has 112 valence electrons. The molecule has 20 heavy (non-hydrogen) atoms. The Morgan fingerprint density at radius 2 is 1.95 bits per heavy atom. The molecule has 0 atom stereocenters. The maximum absolute atomic E-state index is 12.4. The predicted octanol–water partition coefficient (Wildman–Crippen LogP) is 2.03. The monoisotopic (exact) mass is 280 g/mol. The number of nitrogens with zero attached hydrogens (tertiary/aromatic N) is 2. The van der Waals surface area contributed by atoms with E-state index in [1.807, 2.05) is 46.0 Å². The van der Waals surface area contributed by atoms with Crippen molar-refractivity contribution < 1.29 is 14.3 Å². The van der Waals surface area contributed by atoms with Crippen molar-refractivity contribution in [3.05, 3.63) is 11.8 Å². The Hall–Kier alpha value is -1.52. The van der Waals surface area contributed by atoms with Crippen molar-refractivity contribution in [2.75, 3.05) is 27.2 Å². The Morgan fingerprint density at radius 1 is 1.35 bits per heavy atom. The third-order valence-corrected chi connectivity index (χ3v) is 3.55. The number of hydrogen-bond donors (Lipinski definition) is 0. The minimum Gasteiger partial charge on any atom is -0.444 e. The van der Waals surface area contributed by atoms with Gasteiger partial charge in [-0.3, -0.25) is 4.79 Å². The Labute approximate surface area is 120 Å². The van der Waals surface area contributed by atoms with Crippen LogP contribution in [-0.2, 0) is 9.53 Å². The number of hydrogen-bond acceptors (Lipinski definition) is 4. The van der Waals surface area contributed by atoms with Crippen LogP contribution in [0.5, 0.6) is 0 Å². The van der Waals surface area contributed by atoms with Gasteiger partial charge in [0, 0.05) is 32.4 Å². The molecule has 1 aliphatic heterocycles. The number of carbonyl (C=O) groups excluding carboxylic acids is 2. The van der Waals surface area contributed by atoms with Crippen LogP contribution in [-0.4, -0.2) is 54.5 Å². The molecule has 1 spiro atoms. The van der Waals surface area contributed by atoms with Crippen LogP contribution in [0.15, 0.2) is 11.8 Å². The average Bonchev–Trinajstić information content (AvgIpc) is 3.02. The van der Waals surface area contributed by atoms with Gasteiger partial charge in [0.25, 0.3) is 0 Å². The number of ketones is 1. The summed E-state index contributed by atoms with van der Waals surface area (Å²) in [6, 6.07) is 0. The summed E-state index contributed by atoms with van der Waals surface area (Å²) in [6.07, 6.45) is 3.23. The fourth-order valence-corrected chi connectivity index (χ4v) is 2.51. The first-order valence-electron chi connectivity index (χ1n) is 7.03. The fourth-order valence-electron chi connectivity index (χ4n) is 2.51. The number of amides is 1. The van der Waals surface area contributed by atoms with Gasteiger partial charge in [-0.2, -0.15) is 0 Å². The van der Waals surface area contributed by atoms with E-state index >= 15 is 0 Å². The second-order valence-corrected chi connectivity index (χ2v) is 7.06. The van der Waals surface area contributed by atoms with E-state index in [0.717, 1.165) is 12.8 Å². The molecule has 0 aromatic carbocycles. The summed E-state index contributed by atoms with van der Waals surface area (Å²) in [5.41, 5.74) is -0.151. The molecular formula is C15H24N2O3. The zero-order chi connectivity index (χ0) is 15.1. The summed E-state index contributed by atoms with van der Waals surface area (Å²) in [6.45, 7) is 6.38. The van der Waals surface area contributed by atoms with Crippen LogP contribution in [0.1, 0.15) is 33.6 Å². The molecule has 1 aliphatic carbocycles. The van der Waals surface area contributed by atoms with E-state index in [1.165, 1.54) is 0 Å². The second-order valence-electron chi connectivity index (χ2n) is 7.06. The summed E-state index contributed by atoms with van der Waals surface area (Å²) in [5.74, 6) is 0.200. The molecule has 0 aromatic heterocycles. The quantitative estimate of drug-likeness (QED) is 0.690. The molecule has 1 heterocycles. The first-order chi connectivity index (χ1) is 9.13. The molecule has 2 aliphatic rings. The van der Waals surface area contributed by atoms with Gasteiger partial charge in [-0.05, 0) is 33.6 Å². The minimum absolute atomic E-state index is 0.200. The van der Waals surface area contributed by atoms with Gasteiger partial charge in [0.15, 0.2) is 5.78 Å². The van der Waals surface area contributed by atoms with Gasteiger partial charge in [-0.1, -0.05) is 0 Å². The van der Waals surface area contributed by atoms with Gasteiger partial charge in [-0.25, -0.2) is 4.79 Å². The van der Waals surface area contributed by atoms with E-state index in [1.54, 1.807) is 4.90 Å². The van der Waals surface area contributed by atoms with Crippen molar-refractivity contribution in [1.82, 2.24) is 9.80 Å². The highest BCUT2D eigenvalue weighted by molar-refractivity contribution is 6.03. The lowest BCUT2D eigenvalue weighted by Crippen LogP contribution is -2.48. The van der Waals surface area contributed by atoms with E-state index in [9.17, 15) is 9.59 Å². The molecular weight excluding hydrogens is 256 g/mol. The van der Waals surface area contributed by atoms with Crippen molar-refractivity contribution in [3.8, 4) is 0 Å². The molecule has 0 unspecified atom stereocenters. The molecule has 1 amide bonds. The topological polar surface area (TPSA) is 49.9 Å². The van der Waals surface area contributed by atoms with Gasteiger partial charge < -0.3 is 14.5 Å². The maximum atomic E-state index is 12.4. The molecule has 1 saturated heterocycles. The van der Waals surface area contributed by atoms with Gasteiger partial charge in [0.05, 0.1) is 12.0 Å². The highest BCUT2D eigenvalue weighted by atomic mass is 16.6. The Kier molecular flexibility index (Phi) is 3.56. The standard InChI is InChI=1S/C15H24N2O3/c1-14(2,3)20-13(19)17-9-11(8-16(4)5)12(18)15(10-17)6-7-15/h8H,6-7,9-10H2,1-5H3/b11-8-. The van der Waals surface area contributed by atoms with Crippen molar-refractivity contribution >= 4 is 11.9 Å². The van der Waals surface area contributed by atoms with Crippen LogP contribution in [0.2, 0.25) is 0 Å². The highest BCUT2D eigenvalue weighted by Crippen LogP contribution is 2.51. The molecule has 0 N–H and O–H groups in total. The van der Waals surface area contributed by atoms with Crippen LogP contribution >= 0.6 is 0 Å². The van der Waals surface area contributed by atoms with Crippen molar-refractivity contribution in [2.45, 2.75) is 39.2 Å². The predicted molar refractivity (Wildman–Crippen MR) is 76.3 cm³/mol. The van der Waals surface area contributed by atoms with Gasteiger partial charge in [0.1, 0.15) is 5.60 Å². The van der Waals surface area contributed by atoms with E-state index in [2.05, 4.69) is 0 Å². The number of ether oxygens (including phenoxy) is 1. The van der Waals surface area contributed by atoms with Crippen molar-refractivity contribution in [1.29, 1.82) is 0 Å². The number of likely N-dealkylation sites (tertiary alicyclic amines) is 1. The van der Waals surface area contributed by atoms with Crippen molar-refractivity contribution in [2.24, 2.45) is 5.41 Å². The lowest BCUT2D eigenvalue weighted by molar-refractivity contribution is -0.123. The number of carbonyl (C=O) groups is 2. The summed E-state index contributed by atoms with van der Waals surface area (Å²) in [4.78, 5) is 28.2. The van der Waals surface area contributed by atoms with E-state index in [4.69, 9.17) is 4.74 Å². The van der Waals surface area contributed by atoms with E-state index in [0.29, 0.717) is 18.7 Å². The third-order valence-electron chi connectivity index (χ3n) is 3.55. The lowest BCUT2D eigenvalue weighted by Gasteiger charge is -2.35. The SMILES string of the molecule is CN(C)/C=C1/CN(C(=O)OC(C)(C)C)CC2(CC2)C1=O. The average molecular weight is 280 g/mol. The van der Waals surface area contributed by atoms with Gasteiger partial charge >= 0.3 is 6.09 Å². The van der Waals surface area contributed by atoms with Gasteiger partial charge in [-0.15, -0.1) is 0 Å². The third kappa shape index (κ3) is 3.14. The zero-order valence-corrected chi connectivity index (χ0v) is 13.0. The molecule has 1 saturated carbocycles. The molecule has 0 radical (unpaired) electrons. The van der Waals surface area contributed by atoms with Gasteiger partial charge in [0.2, 0.25) is 0 Å². The summed E-state index contributed by atoms with van der Waals surface area (Å²) in [7, 11) is 3.76. The number of Topliss-reactive ketones (excluding diaryl/α,β-unsaturated/α-hetero) is 1. The van der Waals surface area contributed by atoms with Crippen LogP contribution in [0.4, 0.5) is 4.79 Å². The Balaban J connectivity index is 2.16. The molecule has 5 heteroatoms. The molecule has 0 bridgehead atoms. The van der Waals surface area contributed by atoms with Crippen LogP contribution in [0, 0.1) is 5.41 Å². The Morgan fingerprint density at radius 3 is 2.40 bits per heavy atom.